The molecular weight excluding hydrogens is 449 g/mol. The van der Waals surface area contributed by atoms with Gasteiger partial charge in [-0.05, 0) is 31.9 Å². The lowest BCUT2D eigenvalue weighted by Crippen LogP contribution is -2.48. The summed E-state index contributed by atoms with van der Waals surface area (Å²) in [5, 5.41) is 3.39. The summed E-state index contributed by atoms with van der Waals surface area (Å²) in [6, 6.07) is 3.85. The Balaban J connectivity index is 0.00000338. The number of piperidine rings is 1. The third kappa shape index (κ3) is 7.53. The third-order valence-corrected chi connectivity index (χ3v) is 4.13. The molecular formula is C18H30IN3O4. The fraction of sp³-hybridized carbons (Fsp3) is 0.667. The predicted octanol–water partition coefficient (Wildman–Crippen LogP) is 2.31. The van der Waals surface area contributed by atoms with E-state index in [9.17, 15) is 4.79 Å². The Kier molecular flexibility index (Phi) is 11.3. The minimum absolute atomic E-state index is 0. The Labute approximate surface area is 172 Å². The quantitative estimate of drug-likeness (QED) is 0.203. The molecule has 0 aliphatic carbocycles. The third-order valence-electron chi connectivity index (χ3n) is 4.13. The molecule has 1 unspecified atom stereocenters. The summed E-state index contributed by atoms with van der Waals surface area (Å²) in [7, 11) is 1.66. The molecule has 1 aromatic rings. The number of ether oxygens (including phenoxy) is 2. The van der Waals surface area contributed by atoms with Crippen LogP contribution in [0.25, 0.3) is 0 Å². The molecule has 1 N–H and O–H groups in total. The van der Waals surface area contributed by atoms with Gasteiger partial charge in [0.1, 0.15) is 5.76 Å². The molecule has 2 rings (SSSR count). The van der Waals surface area contributed by atoms with Crippen LogP contribution in [0, 0.1) is 5.92 Å². The number of carbonyl (C=O) groups is 1. The monoisotopic (exact) mass is 479 g/mol. The van der Waals surface area contributed by atoms with Gasteiger partial charge in [-0.2, -0.15) is 0 Å². The molecule has 8 heteroatoms. The lowest BCUT2D eigenvalue weighted by Gasteiger charge is -2.34. The number of nitrogens with one attached hydrogen (secondary N) is 1. The highest BCUT2D eigenvalue weighted by Crippen LogP contribution is 2.18. The number of carbonyl (C=O) groups excluding carboxylic acids is 1. The van der Waals surface area contributed by atoms with Crippen LogP contribution in [0.4, 0.5) is 0 Å². The van der Waals surface area contributed by atoms with Crippen LogP contribution < -0.4 is 5.32 Å². The highest BCUT2D eigenvalue weighted by molar-refractivity contribution is 14.0. The van der Waals surface area contributed by atoms with Crippen LogP contribution in [0.1, 0.15) is 25.5 Å². The fourth-order valence-corrected chi connectivity index (χ4v) is 2.88. The predicted molar refractivity (Wildman–Crippen MR) is 111 cm³/mol. The van der Waals surface area contributed by atoms with E-state index in [0.717, 1.165) is 44.1 Å². The van der Waals surface area contributed by atoms with Crippen molar-refractivity contribution in [1.82, 2.24) is 10.2 Å². The molecule has 2 heterocycles. The zero-order valence-electron chi connectivity index (χ0n) is 15.6. The van der Waals surface area contributed by atoms with Crippen molar-refractivity contribution < 1.29 is 18.7 Å². The Bertz CT molecular complexity index is 537. The zero-order chi connectivity index (χ0) is 17.9. The summed E-state index contributed by atoms with van der Waals surface area (Å²) in [6.45, 7) is 5.66. The van der Waals surface area contributed by atoms with Crippen molar-refractivity contribution in [3.63, 3.8) is 0 Å². The molecule has 0 spiro atoms. The van der Waals surface area contributed by atoms with Crippen molar-refractivity contribution in [1.29, 1.82) is 0 Å². The average Bonchev–Trinajstić information content (AvgIpc) is 3.14. The van der Waals surface area contributed by atoms with Gasteiger partial charge in [-0.1, -0.05) is 0 Å². The number of esters is 1. The first kappa shape index (κ1) is 22.8. The van der Waals surface area contributed by atoms with Gasteiger partial charge in [0.2, 0.25) is 0 Å². The van der Waals surface area contributed by atoms with E-state index in [0.29, 0.717) is 26.3 Å². The molecule has 1 aromatic heterocycles. The topological polar surface area (TPSA) is 76.3 Å². The van der Waals surface area contributed by atoms with Gasteiger partial charge in [-0.15, -0.1) is 24.0 Å². The van der Waals surface area contributed by atoms with Crippen molar-refractivity contribution >= 4 is 35.9 Å². The van der Waals surface area contributed by atoms with Crippen LogP contribution in [0.5, 0.6) is 0 Å². The van der Waals surface area contributed by atoms with Gasteiger partial charge in [0.15, 0.2) is 5.96 Å². The largest absolute Gasteiger partial charge is 0.469 e. The first-order valence-electron chi connectivity index (χ1n) is 8.95. The SMILES string of the molecule is CCOC(=O)C1CCCN(C(=NCCOC)NCCc2ccco2)C1.I. The standard InChI is InChI=1S/C18H29N3O4.HI/c1-3-24-17(22)15-6-4-11-21(14-15)18(20-10-13-23-2)19-9-8-16-7-5-12-25-16;/h5,7,12,15H,3-4,6,8-11,13-14H2,1-2H3,(H,19,20);1H. The van der Waals surface area contributed by atoms with Crippen LogP contribution in [-0.4, -0.2) is 63.3 Å². The smallest absolute Gasteiger partial charge is 0.310 e. The summed E-state index contributed by atoms with van der Waals surface area (Å²) < 4.78 is 15.6. The Morgan fingerprint density at radius 3 is 3.04 bits per heavy atom. The normalized spacial score (nSPS) is 17.5. The molecule has 0 aromatic carbocycles. The second kappa shape index (κ2) is 13.0. The lowest BCUT2D eigenvalue weighted by atomic mass is 9.98. The van der Waals surface area contributed by atoms with E-state index < -0.39 is 0 Å². The highest BCUT2D eigenvalue weighted by Gasteiger charge is 2.28. The molecule has 1 saturated heterocycles. The van der Waals surface area contributed by atoms with Gasteiger partial charge in [0, 0.05) is 33.2 Å². The summed E-state index contributed by atoms with van der Waals surface area (Å²) in [6.07, 6.45) is 4.28. The number of hydrogen-bond acceptors (Lipinski definition) is 5. The zero-order valence-corrected chi connectivity index (χ0v) is 17.9. The molecule has 0 radical (unpaired) electrons. The first-order chi connectivity index (χ1) is 12.2. The molecule has 0 bridgehead atoms. The summed E-state index contributed by atoms with van der Waals surface area (Å²) >= 11 is 0. The second-order valence-corrected chi connectivity index (χ2v) is 5.99. The number of guanidine groups is 1. The van der Waals surface area contributed by atoms with E-state index in [1.807, 2.05) is 19.1 Å². The van der Waals surface area contributed by atoms with Crippen molar-refractivity contribution in [2.24, 2.45) is 10.9 Å². The number of furan rings is 1. The number of halogens is 1. The number of methoxy groups -OCH3 is 1. The first-order valence-corrected chi connectivity index (χ1v) is 8.95. The molecule has 0 saturated carbocycles. The number of rotatable bonds is 8. The Morgan fingerprint density at radius 1 is 1.50 bits per heavy atom. The average molecular weight is 479 g/mol. The van der Waals surface area contributed by atoms with Crippen LogP contribution in [0.15, 0.2) is 27.8 Å². The molecule has 148 valence electrons. The van der Waals surface area contributed by atoms with Gasteiger partial charge >= 0.3 is 5.97 Å². The van der Waals surface area contributed by atoms with Gasteiger partial charge in [-0.3, -0.25) is 9.79 Å². The van der Waals surface area contributed by atoms with Gasteiger partial charge < -0.3 is 24.1 Å². The molecule has 0 amide bonds. The number of hydrogen-bond donors (Lipinski definition) is 1. The van der Waals surface area contributed by atoms with Gasteiger partial charge in [0.25, 0.3) is 0 Å². The number of aliphatic imine (C=N–C) groups is 1. The minimum Gasteiger partial charge on any atom is -0.469 e. The molecule has 1 atom stereocenters. The van der Waals surface area contributed by atoms with Crippen molar-refractivity contribution in [2.75, 3.05) is 46.5 Å². The summed E-state index contributed by atoms with van der Waals surface area (Å²) in [5.74, 6) is 1.55. The molecule has 1 aliphatic heterocycles. The number of likely N-dealkylation sites (tertiary alicyclic amines) is 1. The maximum Gasteiger partial charge on any atom is 0.310 e. The maximum absolute atomic E-state index is 12.1. The highest BCUT2D eigenvalue weighted by atomic mass is 127. The van der Waals surface area contributed by atoms with Crippen LogP contribution >= 0.6 is 24.0 Å². The minimum atomic E-state index is -0.112. The fourth-order valence-electron chi connectivity index (χ4n) is 2.88. The van der Waals surface area contributed by atoms with E-state index in [1.54, 1.807) is 13.4 Å². The van der Waals surface area contributed by atoms with E-state index in [-0.39, 0.29) is 35.9 Å². The molecule has 7 nitrogen and oxygen atoms in total. The Hall–Kier alpha value is -1.29. The molecule has 26 heavy (non-hydrogen) atoms. The summed E-state index contributed by atoms with van der Waals surface area (Å²) in [5.41, 5.74) is 0. The van der Waals surface area contributed by atoms with E-state index in [2.05, 4.69) is 15.2 Å². The van der Waals surface area contributed by atoms with Gasteiger partial charge in [0.05, 0.1) is 31.9 Å². The molecule has 1 fully saturated rings. The molecule has 1 aliphatic rings. The van der Waals surface area contributed by atoms with Crippen LogP contribution in [-0.2, 0) is 20.7 Å². The maximum atomic E-state index is 12.1. The lowest BCUT2D eigenvalue weighted by molar-refractivity contribution is -0.149. The van der Waals surface area contributed by atoms with Crippen molar-refractivity contribution in [3.05, 3.63) is 24.2 Å². The number of nitrogens with zero attached hydrogens (tertiary/aromatic N) is 2. The van der Waals surface area contributed by atoms with Gasteiger partial charge in [-0.25, -0.2) is 0 Å². The van der Waals surface area contributed by atoms with E-state index >= 15 is 0 Å². The van der Waals surface area contributed by atoms with E-state index in [4.69, 9.17) is 13.9 Å². The summed E-state index contributed by atoms with van der Waals surface area (Å²) in [4.78, 5) is 18.8. The van der Waals surface area contributed by atoms with Crippen molar-refractivity contribution in [2.45, 2.75) is 26.2 Å². The Morgan fingerprint density at radius 2 is 2.35 bits per heavy atom. The van der Waals surface area contributed by atoms with E-state index in [1.165, 1.54) is 0 Å². The van der Waals surface area contributed by atoms with Crippen LogP contribution in [0.2, 0.25) is 0 Å². The van der Waals surface area contributed by atoms with Crippen LogP contribution in [0.3, 0.4) is 0 Å². The van der Waals surface area contributed by atoms with Crippen molar-refractivity contribution in [3.8, 4) is 0 Å². The second-order valence-electron chi connectivity index (χ2n) is 5.99.